The maximum absolute atomic E-state index is 13.5. The zero-order valence-corrected chi connectivity index (χ0v) is 17.9. The van der Waals surface area contributed by atoms with E-state index in [2.05, 4.69) is 5.48 Å². The molecule has 0 unspecified atom stereocenters. The average Bonchev–Trinajstić information content (AvgIpc) is 2.65. The first-order valence-corrected chi connectivity index (χ1v) is 7.72. The molecule has 0 fully saturated rings. The van der Waals surface area contributed by atoms with Gasteiger partial charge in [0.05, 0.1) is 5.56 Å². The molecule has 0 spiro atoms. The van der Waals surface area contributed by atoms with Gasteiger partial charge in [-0.3, -0.25) is 0 Å². The van der Waals surface area contributed by atoms with Crippen LogP contribution in [0.3, 0.4) is 0 Å². The Morgan fingerprint density at radius 2 is 1.78 bits per heavy atom. The molecule has 0 radical (unpaired) electrons. The first-order chi connectivity index (χ1) is 12.5. The zero-order valence-electron chi connectivity index (χ0n) is 14.7. The third-order valence-electron chi connectivity index (χ3n) is 3.42. The molecule has 0 heterocycles. The molecule has 2 rings (SSSR count). The third kappa shape index (κ3) is 8.23. The molecule has 5 nitrogen and oxygen atoms in total. The van der Waals surface area contributed by atoms with E-state index in [1.54, 1.807) is 12.1 Å². The van der Waals surface area contributed by atoms with Crippen molar-refractivity contribution in [1.82, 2.24) is 0 Å². The maximum atomic E-state index is 13.5. The molecule has 8 heteroatoms. The number of hydrogen-bond acceptors (Lipinski definition) is 3. The second kappa shape index (κ2) is 11.9. The van der Waals surface area contributed by atoms with E-state index >= 15 is 0 Å². The zero-order chi connectivity index (χ0) is 18.9. The van der Waals surface area contributed by atoms with Crippen molar-refractivity contribution in [2.45, 2.75) is 12.8 Å². The van der Waals surface area contributed by atoms with Crippen LogP contribution in [-0.4, -0.2) is 11.1 Å². The van der Waals surface area contributed by atoms with Gasteiger partial charge in [-0.25, -0.2) is 13.6 Å². The Labute approximate surface area is 198 Å². The van der Waals surface area contributed by atoms with Crippen LogP contribution in [-0.2, 0) is 6.42 Å². The van der Waals surface area contributed by atoms with Crippen molar-refractivity contribution >= 4 is 5.97 Å². The number of rotatable bonds is 8. The summed E-state index contributed by atoms with van der Waals surface area (Å²) >= 11 is 0. The summed E-state index contributed by atoms with van der Waals surface area (Å²) in [4.78, 5) is 16.0. The molecule has 0 bridgehead atoms. The molecular formula is C19H17F2KN2O3. The number of allylic oxidation sites excluding steroid dienone is 3. The molecule has 0 aliphatic heterocycles. The fraction of sp³-hybridized carbons (Fsp3) is 0.105. The van der Waals surface area contributed by atoms with Gasteiger partial charge in [0.2, 0.25) is 0 Å². The van der Waals surface area contributed by atoms with Crippen molar-refractivity contribution in [2.75, 3.05) is 0 Å². The number of hydroxylamine groups is 1. The Bertz CT molecular complexity index is 807. The average molecular weight is 398 g/mol. The minimum Gasteiger partial charge on any atom is -0.557 e. The smallest absolute Gasteiger partial charge is 0.557 e. The van der Waals surface area contributed by atoms with Crippen LogP contribution < -0.4 is 62.0 Å². The van der Waals surface area contributed by atoms with E-state index in [-0.39, 0.29) is 68.5 Å². The molecule has 136 valence electrons. The van der Waals surface area contributed by atoms with Crippen LogP contribution in [0.1, 0.15) is 22.3 Å². The number of nitrogens with two attached hydrogens (primary N) is 1. The predicted molar refractivity (Wildman–Crippen MR) is 93.6 cm³/mol. The molecule has 0 saturated carbocycles. The summed E-state index contributed by atoms with van der Waals surface area (Å²) in [7, 11) is 0. The van der Waals surface area contributed by atoms with Crippen LogP contribution in [0, 0.1) is 5.82 Å². The van der Waals surface area contributed by atoms with Crippen LogP contribution in [0.15, 0.2) is 72.3 Å². The fourth-order valence-corrected chi connectivity index (χ4v) is 2.04. The molecule has 27 heavy (non-hydrogen) atoms. The SMILES string of the molecule is N/C=C(F)\C=C(/CCc1ccc(F)cc1)[N-]Oc1ccc(C(=O)O)cc1.[K+]. The summed E-state index contributed by atoms with van der Waals surface area (Å²) in [6.45, 7) is 0. The van der Waals surface area contributed by atoms with E-state index in [1.807, 2.05) is 0 Å². The van der Waals surface area contributed by atoms with Gasteiger partial charge in [-0.15, -0.1) is 5.70 Å². The van der Waals surface area contributed by atoms with Gasteiger partial charge in [-0.2, -0.15) is 0 Å². The molecule has 0 aromatic heterocycles. The van der Waals surface area contributed by atoms with Crippen LogP contribution in [0.4, 0.5) is 8.78 Å². The van der Waals surface area contributed by atoms with Gasteiger partial charge < -0.3 is 21.2 Å². The van der Waals surface area contributed by atoms with Crippen molar-refractivity contribution in [3.63, 3.8) is 0 Å². The second-order valence-corrected chi connectivity index (χ2v) is 5.33. The Hall–Kier alpha value is -1.71. The normalized spacial score (nSPS) is 11.5. The van der Waals surface area contributed by atoms with Gasteiger partial charge in [0.1, 0.15) is 17.4 Å². The Morgan fingerprint density at radius 1 is 1.15 bits per heavy atom. The first kappa shape index (κ1) is 23.3. The Kier molecular flexibility index (Phi) is 10.3. The summed E-state index contributed by atoms with van der Waals surface area (Å²) in [5.74, 6) is -1.75. The second-order valence-electron chi connectivity index (χ2n) is 5.33. The van der Waals surface area contributed by atoms with Gasteiger partial charge in [0.15, 0.2) is 0 Å². The van der Waals surface area contributed by atoms with Gasteiger partial charge in [0, 0.05) is 6.20 Å². The standard InChI is InChI=1S/C19H17F2N2O3.K/c20-15-6-1-13(2-7-15)3-8-17(11-16(21)12-22)23-26-18-9-4-14(5-10-18)19(24)25;/h1-2,4-7,9-12H,3,8,22H2,(H,24,25);/q-1;+1/b16-12+,17-11+;. The largest absolute Gasteiger partial charge is 1.00 e. The third-order valence-corrected chi connectivity index (χ3v) is 3.42. The van der Waals surface area contributed by atoms with Crippen molar-refractivity contribution < 1.29 is 74.9 Å². The van der Waals surface area contributed by atoms with E-state index in [9.17, 15) is 13.6 Å². The minimum absolute atomic E-state index is 0. The molecule has 0 aliphatic carbocycles. The number of hydrogen-bond donors (Lipinski definition) is 2. The molecule has 2 aromatic carbocycles. The maximum Gasteiger partial charge on any atom is 1.00 e. The van der Waals surface area contributed by atoms with Gasteiger partial charge in [-0.05, 0) is 60.9 Å². The summed E-state index contributed by atoms with van der Waals surface area (Å²) in [6, 6.07) is 11.6. The summed E-state index contributed by atoms with van der Waals surface area (Å²) in [6.07, 6.45) is 2.76. The number of aryl methyl sites for hydroxylation is 1. The van der Waals surface area contributed by atoms with Crippen LogP contribution in [0.2, 0.25) is 0 Å². The number of nitrogens with zero attached hydrogens (tertiary/aromatic N) is 1. The Balaban J connectivity index is 0.00000364. The van der Waals surface area contributed by atoms with Gasteiger partial charge in [0.25, 0.3) is 0 Å². The van der Waals surface area contributed by atoms with Gasteiger partial charge >= 0.3 is 57.4 Å². The quantitative estimate of drug-likeness (QED) is 0.401. The van der Waals surface area contributed by atoms with Gasteiger partial charge in [-0.1, -0.05) is 12.1 Å². The molecular weight excluding hydrogens is 381 g/mol. The van der Waals surface area contributed by atoms with Crippen molar-refractivity contribution in [1.29, 1.82) is 0 Å². The van der Waals surface area contributed by atoms with E-state index in [0.717, 1.165) is 17.8 Å². The summed E-state index contributed by atoms with van der Waals surface area (Å²) in [5.41, 5.74) is 10.3. The summed E-state index contributed by atoms with van der Waals surface area (Å²) < 4.78 is 26.4. The predicted octanol–water partition coefficient (Wildman–Crippen LogP) is 1.48. The van der Waals surface area contributed by atoms with Crippen LogP contribution in [0.25, 0.3) is 5.48 Å². The summed E-state index contributed by atoms with van der Waals surface area (Å²) in [5, 5.41) is 8.86. The van der Waals surface area contributed by atoms with Crippen molar-refractivity contribution in [2.24, 2.45) is 5.73 Å². The molecule has 0 aliphatic rings. The molecule has 3 N–H and O–H groups in total. The van der Waals surface area contributed by atoms with E-state index < -0.39 is 11.8 Å². The fourth-order valence-electron chi connectivity index (χ4n) is 2.04. The molecule has 2 aromatic rings. The number of aromatic carboxylic acids is 1. The molecule has 0 amide bonds. The van der Waals surface area contributed by atoms with Crippen molar-refractivity contribution in [3.8, 4) is 5.75 Å². The Morgan fingerprint density at radius 3 is 2.33 bits per heavy atom. The van der Waals surface area contributed by atoms with Crippen LogP contribution >= 0.6 is 0 Å². The first-order valence-electron chi connectivity index (χ1n) is 7.72. The number of halogens is 2. The van der Waals surface area contributed by atoms with E-state index in [4.69, 9.17) is 15.7 Å². The number of carboxylic acids is 1. The minimum atomic E-state index is -1.05. The number of benzene rings is 2. The van der Waals surface area contributed by atoms with E-state index in [1.165, 1.54) is 36.4 Å². The topological polar surface area (TPSA) is 86.7 Å². The molecule has 0 atom stereocenters. The molecule has 0 saturated heterocycles. The van der Waals surface area contributed by atoms with Crippen LogP contribution in [0.5, 0.6) is 5.75 Å². The number of carboxylic acid groups (broad SMARTS) is 1. The monoisotopic (exact) mass is 398 g/mol. The van der Waals surface area contributed by atoms with Crippen molar-refractivity contribution in [3.05, 3.63) is 94.8 Å². The number of carbonyl (C=O) groups is 1. The van der Waals surface area contributed by atoms with E-state index in [0.29, 0.717) is 18.6 Å².